The van der Waals surface area contributed by atoms with Gasteiger partial charge in [0.25, 0.3) is 5.91 Å². The molecule has 2 N–H and O–H groups in total. The number of aryl methyl sites for hydroxylation is 1. The van der Waals surface area contributed by atoms with Crippen LogP contribution in [0.1, 0.15) is 47.8 Å². The third-order valence-corrected chi connectivity index (χ3v) is 12.1. The lowest BCUT2D eigenvalue weighted by atomic mass is 10.0. The van der Waals surface area contributed by atoms with E-state index in [0.29, 0.717) is 59.0 Å². The molecule has 2 aliphatic heterocycles. The van der Waals surface area contributed by atoms with E-state index in [4.69, 9.17) is 0 Å². The highest BCUT2D eigenvalue weighted by Crippen LogP contribution is 2.42. The van der Waals surface area contributed by atoms with Crippen LogP contribution in [0.15, 0.2) is 35.2 Å². The first-order chi connectivity index (χ1) is 19.0. The van der Waals surface area contributed by atoms with Crippen LogP contribution in [0.4, 0.5) is 16.8 Å². The Hall–Kier alpha value is -3.07. The number of amides is 1. The standard InChI is InChI=1S/C26H30N6O5S3/c1-15-24(38-26(28-15)30-21-6-4-7-22(29-21)32-10-5-11-39(32,34)35)18-12-19-14-31(16(2)17-8-9-17)25(33)23(19)20(13-18)40(36,37)27-3/h4,6-7,12-13,16-17,27H,5,8-11,14H2,1-3H3,(H,28,29,30)/t16-/m0/s1. The van der Waals surface area contributed by atoms with Crippen LogP contribution in [-0.2, 0) is 26.6 Å². The number of hydrogen-bond acceptors (Lipinski definition) is 9. The molecular formula is C26H30N6O5S3. The largest absolute Gasteiger partial charge is 0.331 e. The second kappa shape index (κ2) is 9.79. The molecule has 1 saturated carbocycles. The van der Waals surface area contributed by atoms with Gasteiger partial charge in [-0.2, -0.15) is 0 Å². The van der Waals surface area contributed by atoms with Crippen molar-refractivity contribution in [1.29, 1.82) is 0 Å². The number of anilines is 3. The Morgan fingerprint density at radius 2 is 1.95 bits per heavy atom. The van der Waals surface area contributed by atoms with Crippen LogP contribution in [0.2, 0.25) is 0 Å². The van der Waals surface area contributed by atoms with E-state index in [2.05, 4.69) is 20.0 Å². The average molecular weight is 603 g/mol. The van der Waals surface area contributed by atoms with Crippen LogP contribution in [-0.4, -0.2) is 63.0 Å². The molecule has 2 aromatic heterocycles. The highest BCUT2D eigenvalue weighted by molar-refractivity contribution is 7.93. The Balaban J connectivity index is 1.34. The predicted molar refractivity (Wildman–Crippen MR) is 154 cm³/mol. The van der Waals surface area contributed by atoms with Crippen molar-refractivity contribution in [2.45, 2.75) is 50.6 Å². The maximum atomic E-state index is 13.4. The van der Waals surface area contributed by atoms with Gasteiger partial charge in [-0.25, -0.2) is 31.5 Å². The Labute approximate surface area is 237 Å². The first-order valence-electron chi connectivity index (χ1n) is 13.1. The van der Waals surface area contributed by atoms with Gasteiger partial charge in [-0.05, 0) is 81.5 Å². The number of sulfonamides is 2. The summed E-state index contributed by atoms with van der Waals surface area (Å²) >= 11 is 1.33. The SMILES string of the molecule is CNS(=O)(=O)c1cc(-c2sc(Nc3cccc(N4CCCS4(=O)=O)n3)nc2C)cc2c1C(=O)N([C@@H](C)C1CC1)C2. The number of hydrogen-bond donors (Lipinski definition) is 2. The van der Waals surface area contributed by atoms with Gasteiger partial charge in [0.15, 0.2) is 5.13 Å². The van der Waals surface area contributed by atoms with Gasteiger partial charge in [0, 0.05) is 19.1 Å². The molecule has 0 unspecified atom stereocenters. The molecule has 2 fully saturated rings. The lowest BCUT2D eigenvalue weighted by Gasteiger charge is -2.24. The smallest absolute Gasteiger partial charge is 0.256 e. The number of pyridine rings is 1. The van der Waals surface area contributed by atoms with Crippen LogP contribution in [0.25, 0.3) is 10.4 Å². The fourth-order valence-electron chi connectivity index (χ4n) is 5.41. The van der Waals surface area contributed by atoms with E-state index in [1.165, 1.54) is 22.7 Å². The van der Waals surface area contributed by atoms with Gasteiger partial charge in [0.05, 0.1) is 26.8 Å². The van der Waals surface area contributed by atoms with Gasteiger partial charge in [-0.15, -0.1) is 0 Å². The number of carbonyl (C=O) groups is 1. The van der Waals surface area contributed by atoms with Crippen LogP contribution < -0.4 is 14.3 Å². The van der Waals surface area contributed by atoms with Crippen molar-refractivity contribution in [2.24, 2.45) is 5.92 Å². The summed E-state index contributed by atoms with van der Waals surface area (Å²) in [6, 6.07) is 8.62. The summed E-state index contributed by atoms with van der Waals surface area (Å²) in [7, 11) is -5.93. The molecule has 212 valence electrons. The van der Waals surface area contributed by atoms with Gasteiger partial charge in [0.2, 0.25) is 20.0 Å². The fraction of sp³-hybridized carbons (Fsp3) is 0.423. The summed E-state index contributed by atoms with van der Waals surface area (Å²) in [4.78, 5) is 25.0. The normalized spacial score (nSPS) is 19.2. The van der Waals surface area contributed by atoms with E-state index in [1.807, 2.05) is 19.9 Å². The van der Waals surface area contributed by atoms with Crippen molar-refractivity contribution in [3.63, 3.8) is 0 Å². The first kappa shape index (κ1) is 27.1. The van der Waals surface area contributed by atoms with Crippen molar-refractivity contribution < 1.29 is 21.6 Å². The van der Waals surface area contributed by atoms with Gasteiger partial charge in [-0.1, -0.05) is 17.4 Å². The molecule has 0 spiro atoms. The van der Waals surface area contributed by atoms with E-state index < -0.39 is 20.0 Å². The Morgan fingerprint density at radius 1 is 1.18 bits per heavy atom. The third-order valence-electron chi connectivity index (χ3n) is 7.74. The average Bonchev–Trinajstić information content (AvgIpc) is 3.51. The van der Waals surface area contributed by atoms with Crippen molar-refractivity contribution in [1.82, 2.24) is 19.6 Å². The van der Waals surface area contributed by atoms with Crippen LogP contribution >= 0.6 is 11.3 Å². The molecule has 1 aliphatic carbocycles. The molecule has 3 aliphatic rings. The molecule has 3 aromatic rings. The second-order valence-corrected chi connectivity index (χ2v) is 15.3. The fourth-order valence-corrected chi connectivity index (χ4v) is 8.87. The van der Waals surface area contributed by atoms with Crippen molar-refractivity contribution in [3.05, 3.63) is 47.2 Å². The number of nitrogens with one attached hydrogen (secondary N) is 2. The lowest BCUT2D eigenvalue weighted by Crippen LogP contribution is -2.35. The van der Waals surface area contributed by atoms with E-state index in [9.17, 15) is 21.6 Å². The molecule has 4 heterocycles. The Bertz CT molecular complexity index is 1730. The molecule has 0 radical (unpaired) electrons. The number of rotatable bonds is 8. The van der Waals surface area contributed by atoms with E-state index >= 15 is 0 Å². The van der Waals surface area contributed by atoms with E-state index in [0.717, 1.165) is 17.7 Å². The molecule has 6 rings (SSSR count). The van der Waals surface area contributed by atoms with Gasteiger partial charge in [0.1, 0.15) is 11.6 Å². The summed E-state index contributed by atoms with van der Waals surface area (Å²) in [5.41, 5.74) is 2.27. The lowest BCUT2D eigenvalue weighted by molar-refractivity contribution is 0.0694. The minimum atomic E-state index is -3.91. The molecule has 40 heavy (non-hydrogen) atoms. The Kier molecular flexibility index (Phi) is 6.63. The molecule has 1 amide bonds. The maximum absolute atomic E-state index is 13.4. The molecule has 1 saturated heterocycles. The first-order valence-corrected chi connectivity index (χ1v) is 17.0. The zero-order valence-corrected chi connectivity index (χ0v) is 24.8. The maximum Gasteiger partial charge on any atom is 0.256 e. The van der Waals surface area contributed by atoms with Crippen LogP contribution in [0.5, 0.6) is 0 Å². The molecular weight excluding hydrogens is 573 g/mol. The van der Waals surface area contributed by atoms with Crippen molar-refractivity contribution in [3.8, 4) is 10.4 Å². The molecule has 11 nitrogen and oxygen atoms in total. The second-order valence-electron chi connectivity index (χ2n) is 10.4. The number of fused-ring (bicyclic) bond motifs is 1. The third kappa shape index (κ3) is 4.76. The summed E-state index contributed by atoms with van der Waals surface area (Å²) < 4.78 is 54.5. The van der Waals surface area contributed by atoms with E-state index in [-0.39, 0.29) is 28.2 Å². The van der Waals surface area contributed by atoms with Gasteiger partial charge in [-0.3, -0.25) is 9.10 Å². The molecule has 1 aromatic carbocycles. The highest BCUT2D eigenvalue weighted by atomic mass is 32.2. The van der Waals surface area contributed by atoms with Gasteiger partial charge >= 0.3 is 0 Å². The molecule has 14 heteroatoms. The quantitative estimate of drug-likeness (QED) is 0.399. The minimum absolute atomic E-state index is 0.0264. The number of thiazole rings is 1. The van der Waals surface area contributed by atoms with Crippen LogP contribution in [0.3, 0.4) is 0 Å². The summed E-state index contributed by atoms with van der Waals surface area (Å²) in [6.45, 7) is 4.63. The predicted octanol–water partition coefficient (Wildman–Crippen LogP) is 3.46. The minimum Gasteiger partial charge on any atom is -0.331 e. The van der Waals surface area contributed by atoms with Gasteiger partial charge < -0.3 is 10.2 Å². The topological polar surface area (TPSA) is 142 Å². The summed E-state index contributed by atoms with van der Waals surface area (Å²) in [6.07, 6.45) is 2.72. The summed E-state index contributed by atoms with van der Waals surface area (Å²) in [5.74, 6) is 1.12. The Morgan fingerprint density at radius 3 is 2.62 bits per heavy atom. The van der Waals surface area contributed by atoms with E-state index in [1.54, 1.807) is 29.2 Å². The number of benzene rings is 1. The summed E-state index contributed by atoms with van der Waals surface area (Å²) in [5, 5.41) is 3.69. The monoisotopic (exact) mass is 602 g/mol. The highest BCUT2D eigenvalue weighted by Gasteiger charge is 2.41. The zero-order valence-electron chi connectivity index (χ0n) is 22.3. The molecule has 1 atom stereocenters. The zero-order chi connectivity index (χ0) is 28.4. The number of nitrogens with zero attached hydrogens (tertiary/aromatic N) is 4. The van der Waals surface area contributed by atoms with Crippen molar-refractivity contribution >= 4 is 54.1 Å². The number of aromatic nitrogens is 2. The van der Waals surface area contributed by atoms with Crippen molar-refractivity contribution in [2.75, 3.05) is 29.0 Å². The number of carbonyl (C=O) groups excluding carboxylic acids is 1. The van der Waals surface area contributed by atoms with Crippen LogP contribution in [0, 0.1) is 12.8 Å². The molecule has 0 bridgehead atoms.